The van der Waals surface area contributed by atoms with Crippen molar-refractivity contribution in [2.75, 3.05) is 17.6 Å². The summed E-state index contributed by atoms with van der Waals surface area (Å²) in [7, 11) is 0. The summed E-state index contributed by atoms with van der Waals surface area (Å²) in [6.07, 6.45) is 4.54. The molecule has 0 aliphatic carbocycles. The minimum absolute atomic E-state index is 0.672. The van der Waals surface area contributed by atoms with E-state index in [1.807, 2.05) is 31.2 Å². The third kappa shape index (κ3) is 3.45. The van der Waals surface area contributed by atoms with E-state index in [4.69, 9.17) is 5.73 Å². The molecular formula is C13H16N4. The molecule has 0 bridgehead atoms. The van der Waals surface area contributed by atoms with Crippen LogP contribution < -0.4 is 11.1 Å². The van der Waals surface area contributed by atoms with E-state index in [0.29, 0.717) is 5.95 Å². The second kappa shape index (κ2) is 5.30. The van der Waals surface area contributed by atoms with Gasteiger partial charge in [0.05, 0.1) is 0 Å². The van der Waals surface area contributed by atoms with Crippen molar-refractivity contribution < 1.29 is 0 Å². The normalized spacial score (nSPS) is 10.2. The maximum atomic E-state index is 5.62. The van der Waals surface area contributed by atoms with Crippen LogP contribution in [0.15, 0.2) is 36.7 Å². The first-order valence-electron chi connectivity index (χ1n) is 5.61. The molecule has 4 nitrogen and oxygen atoms in total. The zero-order valence-corrected chi connectivity index (χ0v) is 9.85. The van der Waals surface area contributed by atoms with Crippen molar-refractivity contribution in [1.82, 2.24) is 9.97 Å². The maximum absolute atomic E-state index is 5.62. The summed E-state index contributed by atoms with van der Waals surface area (Å²) in [5, 5.41) is 3.18. The van der Waals surface area contributed by atoms with Crippen molar-refractivity contribution in [2.24, 2.45) is 0 Å². The van der Waals surface area contributed by atoms with Gasteiger partial charge in [0, 0.05) is 24.6 Å². The van der Waals surface area contributed by atoms with Crippen molar-refractivity contribution >= 4 is 11.6 Å². The maximum Gasteiger partial charge on any atom is 0.222 e. The van der Waals surface area contributed by atoms with Crippen molar-refractivity contribution in [1.29, 1.82) is 0 Å². The Morgan fingerprint density at radius 3 is 2.41 bits per heavy atom. The molecule has 3 N–H and O–H groups in total. The first-order valence-corrected chi connectivity index (χ1v) is 5.61. The van der Waals surface area contributed by atoms with Crippen LogP contribution in [0.2, 0.25) is 0 Å². The fraction of sp³-hybridized carbons (Fsp3) is 0.231. The van der Waals surface area contributed by atoms with Crippen LogP contribution in [0.25, 0.3) is 0 Å². The summed E-state index contributed by atoms with van der Waals surface area (Å²) in [5.41, 5.74) is 8.73. The number of aryl methyl sites for hydroxylation is 1. The molecule has 0 aliphatic heterocycles. The third-order valence-electron chi connectivity index (χ3n) is 2.46. The Morgan fingerprint density at radius 1 is 1.12 bits per heavy atom. The summed E-state index contributed by atoms with van der Waals surface area (Å²) >= 11 is 0. The first kappa shape index (κ1) is 11.4. The number of nitrogens with one attached hydrogen (secondary N) is 1. The van der Waals surface area contributed by atoms with E-state index < -0.39 is 0 Å². The van der Waals surface area contributed by atoms with Crippen molar-refractivity contribution in [3.05, 3.63) is 47.8 Å². The summed E-state index contributed by atoms with van der Waals surface area (Å²) in [6.45, 7) is 2.78. The van der Waals surface area contributed by atoms with E-state index in [1.54, 1.807) is 12.4 Å². The van der Waals surface area contributed by atoms with E-state index >= 15 is 0 Å². The molecular weight excluding hydrogens is 212 g/mol. The van der Waals surface area contributed by atoms with Crippen molar-refractivity contribution in [3.8, 4) is 0 Å². The molecule has 0 aliphatic rings. The Morgan fingerprint density at radius 2 is 1.76 bits per heavy atom. The Bertz CT molecular complexity index is 416. The molecule has 0 saturated heterocycles. The molecule has 88 valence electrons. The van der Waals surface area contributed by atoms with Crippen LogP contribution in [0.5, 0.6) is 0 Å². The minimum atomic E-state index is 0.672. The topological polar surface area (TPSA) is 63.8 Å². The SMILES string of the molecule is Cc1cnc(NCCc2ccc(N)cc2)nc1. The fourth-order valence-corrected chi connectivity index (χ4v) is 1.49. The Labute approximate surface area is 101 Å². The van der Waals surface area contributed by atoms with Crippen LogP contribution in [-0.2, 0) is 6.42 Å². The Hall–Kier alpha value is -2.10. The van der Waals surface area contributed by atoms with Crippen LogP contribution in [0, 0.1) is 6.92 Å². The molecule has 0 radical (unpaired) electrons. The highest BCUT2D eigenvalue weighted by atomic mass is 15.1. The standard InChI is InChI=1S/C13H16N4/c1-10-8-16-13(17-9-10)15-7-6-11-2-4-12(14)5-3-11/h2-5,8-9H,6-7,14H2,1H3,(H,15,16,17). The number of hydrogen-bond acceptors (Lipinski definition) is 4. The summed E-state index contributed by atoms with van der Waals surface area (Å²) in [4.78, 5) is 8.36. The smallest absolute Gasteiger partial charge is 0.222 e. The Kier molecular flexibility index (Phi) is 3.55. The lowest BCUT2D eigenvalue weighted by Gasteiger charge is -2.05. The van der Waals surface area contributed by atoms with Gasteiger partial charge in [0.2, 0.25) is 5.95 Å². The predicted molar refractivity (Wildman–Crippen MR) is 69.8 cm³/mol. The van der Waals surface area contributed by atoms with E-state index in [-0.39, 0.29) is 0 Å². The number of hydrogen-bond donors (Lipinski definition) is 2. The van der Waals surface area contributed by atoms with Gasteiger partial charge in [-0.1, -0.05) is 12.1 Å². The molecule has 4 heteroatoms. The molecule has 2 rings (SSSR count). The lowest BCUT2D eigenvalue weighted by molar-refractivity contribution is 0.980. The minimum Gasteiger partial charge on any atom is -0.399 e. The first-order chi connectivity index (χ1) is 8.24. The molecule has 0 amide bonds. The monoisotopic (exact) mass is 228 g/mol. The van der Waals surface area contributed by atoms with Crippen molar-refractivity contribution in [2.45, 2.75) is 13.3 Å². The summed E-state index contributed by atoms with van der Waals surface area (Å²) in [5.74, 6) is 0.672. The summed E-state index contributed by atoms with van der Waals surface area (Å²) in [6, 6.07) is 7.90. The molecule has 0 saturated carbocycles. The quantitative estimate of drug-likeness (QED) is 0.786. The molecule has 0 atom stereocenters. The van der Waals surface area contributed by atoms with E-state index in [2.05, 4.69) is 15.3 Å². The molecule has 0 fully saturated rings. The second-order valence-electron chi connectivity index (χ2n) is 4.00. The fourth-order valence-electron chi connectivity index (χ4n) is 1.49. The van der Waals surface area contributed by atoms with Gasteiger partial charge in [-0.15, -0.1) is 0 Å². The average Bonchev–Trinajstić information content (AvgIpc) is 2.34. The van der Waals surface area contributed by atoms with E-state index in [9.17, 15) is 0 Å². The van der Waals surface area contributed by atoms with Gasteiger partial charge >= 0.3 is 0 Å². The molecule has 0 spiro atoms. The van der Waals surface area contributed by atoms with E-state index in [1.165, 1.54) is 5.56 Å². The average molecular weight is 228 g/mol. The van der Waals surface area contributed by atoms with Gasteiger partial charge in [0.15, 0.2) is 0 Å². The van der Waals surface area contributed by atoms with Crippen LogP contribution in [-0.4, -0.2) is 16.5 Å². The molecule has 2 aromatic rings. The van der Waals surface area contributed by atoms with Gasteiger partial charge in [-0.25, -0.2) is 9.97 Å². The van der Waals surface area contributed by atoms with Crippen LogP contribution in [0.1, 0.15) is 11.1 Å². The second-order valence-corrected chi connectivity index (χ2v) is 4.00. The number of nitrogen functional groups attached to an aromatic ring is 1. The third-order valence-corrected chi connectivity index (χ3v) is 2.46. The van der Waals surface area contributed by atoms with Gasteiger partial charge in [0.25, 0.3) is 0 Å². The van der Waals surface area contributed by atoms with Crippen LogP contribution in [0.4, 0.5) is 11.6 Å². The highest BCUT2D eigenvalue weighted by molar-refractivity contribution is 5.39. The number of aromatic nitrogens is 2. The highest BCUT2D eigenvalue weighted by Gasteiger charge is 1.96. The number of benzene rings is 1. The van der Waals surface area contributed by atoms with Gasteiger partial charge in [-0.3, -0.25) is 0 Å². The molecule has 1 aromatic carbocycles. The van der Waals surface area contributed by atoms with E-state index in [0.717, 1.165) is 24.2 Å². The zero-order chi connectivity index (χ0) is 12.1. The molecule has 0 unspecified atom stereocenters. The predicted octanol–water partition coefficient (Wildman–Crippen LogP) is 2.02. The van der Waals surface area contributed by atoms with Crippen LogP contribution >= 0.6 is 0 Å². The van der Waals surface area contributed by atoms with Gasteiger partial charge in [0.1, 0.15) is 0 Å². The highest BCUT2D eigenvalue weighted by Crippen LogP contribution is 2.06. The molecule has 17 heavy (non-hydrogen) atoms. The number of rotatable bonds is 4. The number of anilines is 2. The molecule has 1 aromatic heterocycles. The Balaban J connectivity index is 1.83. The van der Waals surface area contributed by atoms with Gasteiger partial charge in [-0.05, 0) is 36.6 Å². The molecule has 1 heterocycles. The number of nitrogens with two attached hydrogens (primary N) is 1. The summed E-state index contributed by atoms with van der Waals surface area (Å²) < 4.78 is 0. The van der Waals surface area contributed by atoms with Crippen LogP contribution in [0.3, 0.4) is 0 Å². The van der Waals surface area contributed by atoms with Gasteiger partial charge in [-0.2, -0.15) is 0 Å². The number of nitrogens with zero attached hydrogens (tertiary/aromatic N) is 2. The lowest BCUT2D eigenvalue weighted by Crippen LogP contribution is -2.07. The largest absolute Gasteiger partial charge is 0.399 e. The van der Waals surface area contributed by atoms with Gasteiger partial charge < -0.3 is 11.1 Å². The zero-order valence-electron chi connectivity index (χ0n) is 9.85. The lowest BCUT2D eigenvalue weighted by atomic mass is 10.1. The van der Waals surface area contributed by atoms with Crippen molar-refractivity contribution in [3.63, 3.8) is 0 Å².